The Labute approximate surface area is 113 Å². The van der Waals surface area contributed by atoms with E-state index in [1.807, 2.05) is 0 Å². The van der Waals surface area contributed by atoms with Crippen LogP contribution in [0.3, 0.4) is 0 Å². The number of rotatable bonds is 4. The molecule has 1 aromatic carbocycles. The normalized spacial score (nSPS) is 11.7. The topological polar surface area (TPSA) is 75.3 Å². The molecule has 0 radical (unpaired) electrons. The Morgan fingerprint density at radius 2 is 1.79 bits per heavy atom. The molecule has 1 aromatic rings. The summed E-state index contributed by atoms with van der Waals surface area (Å²) in [6, 6.07) is 5.83. The molecule has 0 fully saturated rings. The van der Waals surface area contributed by atoms with E-state index in [9.17, 15) is 13.2 Å². The van der Waals surface area contributed by atoms with E-state index in [1.165, 1.54) is 31.2 Å². The highest BCUT2D eigenvalue weighted by molar-refractivity contribution is 7.89. The monoisotopic (exact) mass is 280 g/mol. The number of sulfonamides is 1. The lowest BCUT2D eigenvalue weighted by atomic mass is 10.1. The molecule has 0 atom stereocenters. The molecule has 0 aliphatic heterocycles. The van der Waals surface area contributed by atoms with E-state index >= 15 is 0 Å². The van der Waals surface area contributed by atoms with Gasteiger partial charge in [0.25, 0.3) is 0 Å². The Kier molecular flexibility index (Phi) is 4.35. The number of carbonyl (C=O) groups is 1. The van der Waals surface area contributed by atoms with Gasteiger partial charge in [-0.15, -0.1) is 6.42 Å². The third-order valence-corrected chi connectivity index (χ3v) is 3.91. The lowest BCUT2D eigenvalue weighted by molar-refractivity contribution is -0.114. The highest BCUT2D eigenvalue weighted by Gasteiger charge is 2.23. The first-order valence-electron chi connectivity index (χ1n) is 5.56. The van der Waals surface area contributed by atoms with Crippen molar-refractivity contribution in [1.82, 2.24) is 4.72 Å². The predicted octanol–water partition coefficient (Wildman–Crippen LogP) is 1.34. The van der Waals surface area contributed by atoms with Gasteiger partial charge in [-0.2, -0.15) is 4.72 Å². The first-order valence-corrected chi connectivity index (χ1v) is 7.04. The van der Waals surface area contributed by atoms with Crippen LogP contribution in [0.15, 0.2) is 29.2 Å². The van der Waals surface area contributed by atoms with Gasteiger partial charge in [-0.25, -0.2) is 8.42 Å². The summed E-state index contributed by atoms with van der Waals surface area (Å²) in [5.74, 6) is 2.14. The van der Waals surface area contributed by atoms with Gasteiger partial charge < -0.3 is 5.32 Å². The van der Waals surface area contributed by atoms with Gasteiger partial charge in [0.05, 0.1) is 10.4 Å². The zero-order chi connectivity index (χ0) is 14.7. The van der Waals surface area contributed by atoms with Crippen LogP contribution >= 0.6 is 0 Å². The summed E-state index contributed by atoms with van der Waals surface area (Å²) >= 11 is 0. The standard InChI is InChI=1S/C13H16N2O3S/c1-5-13(3,4)15-19(17,18)12-8-6-11(7-9-12)14-10(2)16/h1,6-9,15H,2-4H3,(H,14,16). The van der Waals surface area contributed by atoms with Crippen molar-refractivity contribution in [2.75, 3.05) is 5.32 Å². The van der Waals surface area contributed by atoms with E-state index < -0.39 is 15.6 Å². The maximum atomic E-state index is 12.0. The Balaban J connectivity index is 2.98. The second-order valence-electron chi connectivity index (χ2n) is 4.58. The van der Waals surface area contributed by atoms with Crippen LogP contribution in [-0.4, -0.2) is 19.9 Å². The average Bonchev–Trinajstić information content (AvgIpc) is 2.27. The first-order chi connectivity index (χ1) is 8.66. The van der Waals surface area contributed by atoms with Crippen LogP contribution in [0.2, 0.25) is 0 Å². The number of carbonyl (C=O) groups excluding carboxylic acids is 1. The van der Waals surface area contributed by atoms with Gasteiger partial charge in [-0.05, 0) is 38.1 Å². The fraction of sp³-hybridized carbons (Fsp3) is 0.308. The summed E-state index contributed by atoms with van der Waals surface area (Å²) in [4.78, 5) is 10.9. The molecule has 0 aliphatic rings. The lowest BCUT2D eigenvalue weighted by Crippen LogP contribution is -2.41. The molecule has 1 amide bonds. The van der Waals surface area contributed by atoms with Crippen LogP contribution in [0.1, 0.15) is 20.8 Å². The molecule has 19 heavy (non-hydrogen) atoms. The van der Waals surface area contributed by atoms with E-state index in [4.69, 9.17) is 6.42 Å². The van der Waals surface area contributed by atoms with E-state index in [0.717, 1.165) is 0 Å². The molecule has 0 heterocycles. The number of amides is 1. The Morgan fingerprint density at radius 3 is 2.21 bits per heavy atom. The predicted molar refractivity (Wildman–Crippen MR) is 74.0 cm³/mol. The molecule has 6 heteroatoms. The van der Waals surface area contributed by atoms with Crippen molar-refractivity contribution in [2.24, 2.45) is 0 Å². The molecular weight excluding hydrogens is 264 g/mol. The van der Waals surface area contributed by atoms with Crippen molar-refractivity contribution in [3.05, 3.63) is 24.3 Å². The maximum Gasteiger partial charge on any atom is 0.241 e. The summed E-state index contributed by atoms with van der Waals surface area (Å²) in [7, 11) is -3.68. The van der Waals surface area contributed by atoms with Crippen molar-refractivity contribution < 1.29 is 13.2 Å². The molecule has 0 spiro atoms. The van der Waals surface area contributed by atoms with Crippen molar-refractivity contribution in [2.45, 2.75) is 31.2 Å². The molecule has 0 aromatic heterocycles. The summed E-state index contributed by atoms with van der Waals surface area (Å²) in [5, 5.41) is 2.56. The van der Waals surface area contributed by atoms with E-state index in [2.05, 4.69) is 16.0 Å². The molecule has 0 aliphatic carbocycles. The Morgan fingerprint density at radius 1 is 1.26 bits per heavy atom. The molecule has 2 N–H and O–H groups in total. The minimum Gasteiger partial charge on any atom is -0.326 e. The molecule has 102 valence electrons. The number of anilines is 1. The first kappa shape index (κ1) is 15.2. The molecule has 0 saturated carbocycles. The van der Waals surface area contributed by atoms with Crippen LogP contribution in [0.25, 0.3) is 0 Å². The molecule has 0 bridgehead atoms. The van der Waals surface area contributed by atoms with Crippen molar-refractivity contribution >= 4 is 21.6 Å². The van der Waals surface area contributed by atoms with Crippen LogP contribution in [0.4, 0.5) is 5.69 Å². The van der Waals surface area contributed by atoms with Crippen LogP contribution in [0.5, 0.6) is 0 Å². The third kappa shape index (κ3) is 4.39. The highest BCUT2D eigenvalue weighted by atomic mass is 32.2. The molecule has 5 nitrogen and oxygen atoms in total. The fourth-order valence-corrected chi connectivity index (χ4v) is 2.69. The number of hydrogen-bond donors (Lipinski definition) is 2. The molecule has 0 saturated heterocycles. The number of nitrogens with one attached hydrogen (secondary N) is 2. The molecule has 0 unspecified atom stereocenters. The second kappa shape index (κ2) is 5.43. The minimum atomic E-state index is -3.68. The number of terminal acetylenes is 1. The van der Waals surface area contributed by atoms with Gasteiger partial charge in [0.2, 0.25) is 15.9 Å². The Hall–Kier alpha value is -1.84. The van der Waals surface area contributed by atoms with Gasteiger partial charge in [0.1, 0.15) is 0 Å². The van der Waals surface area contributed by atoms with Crippen LogP contribution in [-0.2, 0) is 14.8 Å². The van der Waals surface area contributed by atoms with Gasteiger partial charge in [-0.1, -0.05) is 5.92 Å². The lowest BCUT2D eigenvalue weighted by Gasteiger charge is -2.19. The third-order valence-electron chi connectivity index (χ3n) is 2.24. The highest BCUT2D eigenvalue weighted by Crippen LogP contribution is 2.16. The smallest absolute Gasteiger partial charge is 0.241 e. The van der Waals surface area contributed by atoms with E-state index in [-0.39, 0.29) is 10.8 Å². The molecular formula is C13H16N2O3S. The van der Waals surface area contributed by atoms with E-state index in [0.29, 0.717) is 5.69 Å². The largest absolute Gasteiger partial charge is 0.326 e. The zero-order valence-corrected chi connectivity index (χ0v) is 11.8. The van der Waals surface area contributed by atoms with Crippen molar-refractivity contribution in [3.8, 4) is 12.3 Å². The summed E-state index contributed by atoms with van der Waals surface area (Å²) in [5.41, 5.74) is -0.433. The van der Waals surface area contributed by atoms with Crippen molar-refractivity contribution in [1.29, 1.82) is 0 Å². The quantitative estimate of drug-likeness (QED) is 0.817. The molecule has 1 rings (SSSR count). The SMILES string of the molecule is C#CC(C)(C)NS(=O)(=O)c1ccc(NC(C)=O)cc1. The number of benzene rings is 1. The average molecular weight is 280 g/mol. The zero-order valence-electron chi connectivity index (χ0n) is 11.0. The van der Waals surface area contributed by atoms with Crippen LogP contribution < -0.4 is 10.0 Å². The van der Waals surface area contributed by atoms with Crippen molar-refractivity contribution in [3.63, 3.8) is 0 Å². The Bertz CT molecular complexity index is 610. The van der Waals surface area contributed by atoms with Gasteiger partial charge in [0.15, 0.2) is 0 Å². The summed E-state index contributed by atoms with van der Waals surface area (Å²) in [6.45, 7) is 4.56. The minimum absolute atomic E-state index is 0.0879. The van der Waals surface area contributed by atoms with Gasteiger partial charge in [-0.3, -0.25) is 4.79 Å². The van der Waals surface area contributed by atoms with E-state index in [1.54, 1.807) is 13.8 Å². The van der Waals surface area contributed by atoms with Crippen LogP contribution in [0, 0.1) is 12.3 Å². The summed E-state index contributed by atoms with van der Waals surface area (Å²) in [6.07, 6.45) is 5.25. The maximum absolute atomic E-state index is 12.0. The number of hydrogen-bond acceptors (Lipinski definition) is 3. The fourth-order valence-electron chi connectivity index (χ4n) is 1.34. The van der Waals surface area contributed by atoms with Gasteiger partial charge >= 0.3 is 0 Å². The van der Waals surface area contributed by atoms with Gasteiger partial charge in [0, 0.05) is 12.6 Å². The second-order valence-corrected chi connectivity index (χ2v) is 6.26. The summed E-state index contributed by atoms with van der Waals surface area (Å²) < 4.78 is 26.5.